The SMILES string of the molecule is CCCc1ccc(-c2ccc(C)cn2)cc1. The van der Waals surface area contributed by atoms with Crippen LogP contribution in [0.1, 0.15) is 24.5 Å². The molecule has 0 saturated heterocycles. The summed E-state index contributed by atoms with van der Waals surface area (Å²) >= 11 is 0. The second-order valence-electron chi connectivity index (χ2n) is 4.17. The van der Waals surface area contributed by atoms with Crippen LogP contribution in [0.3, 0.4) is 0 Å². The Balaban J connectivity index is 2.24. The maximum Gasteiger partial charge on any atom is 0.0702 e. The van der Waals surface area contributed by atoms with Gasteiger partial charge in [0, 0.05) is 11.8 Å². The predicted molar refractivity (Wildman–Crippen MR) is 68.4 cm³/mol. The Bertz CT molecular complexity index is 440. The lowest BCUT2D eigenvalue weighted by atomic mass is 10.1. The molecule has 0 aliphatic carbocycles. The van der Waals surface area contributed by atoms with Crippen LogP contribution in [-0.4, -0.2) is 4.98 Å². The summed E-state index contributed by atoms with van der Waals surface area (Å²) in [6.45, 7) is 4.26. The summed E-state index contributed by atoms with van der Waals surface area (Å²) < 4.78 is 0. The molecule has 82 valence electrons. The van der Waals surface area contributed by atoms with E-state index in [0.29, 0.717) is 0 Å². The second-order valence-corrected chi connectivity index (χ2v) is 4.17. The molecule has 2 rings (SSSR count). The third kappa shape index (κ3) is 2.48. The molecule has 0 unspecified atom stereocenters. The fraction of sp³-hybridized carbons (Fsp3) is 0.267. The second kappa shape index (κ2) is 4.93. The zero-order chi connectivity index (χ0) is 11.4. The van der Waals surface area contributed by atoms with Crippen LogP contribution < -0.4 is 0 Å². The van der Waals surface area contributed by atoms with Crippen LogP contribution in [0.2, 0.25) is 0 Å². The summed E-state index contributed by atoms with van der Waals surface area (Å²) in [6, 6.07) is 12.9. The highest BCUT2D eigenvalue weighted by Gasteiger charge is 1.98. The van der Waals surface area contributed by atoms with Crippen molar-refractivity contribution in [1.82, 2.24) is 4.98 Å². The van der Waals surface area contributed by atoms with Crippen LogP contribution in [0.5, 0.6) is 0 Å². The minimum atomic E-state index is 1.05. The van der Waals surface area contributed by atoms with Crippen molar-refractivity contribution in [1.29, 1.82) is 0 Å². The maximum absolute atomic E-state index is 4.42. The van der Waals surface area contributed by atoms with Crippen LogP contribution in [0.25, 0.3) is 11.3 Å². The molecule has 0 aliphatic rings. The van der Waals surface area contributed by atoms with Crippen molar-refractivity contribution in [2.45, 2.75) is 26.7 Å². The van der Waals surface area contributed by atoms with E-state index in [9.17, 15) is 0 Å². The van der Waals surface area contributed by atoms with Gasteiger partial charge in [0.15, 0.2) is 0 Å². The molecular formula is C15H17N. The first-order valence-electron chi connectivity index (χ1n) is 5.81. The van der Waals surface area contributed by atoms with E-state index in [2.05, 4.69) is 55.2 Å². The number of pyridine rings is 1. The molecule has 0 radical (unpaired) electrons. The third-order valence-electron chi connectivity index (χ3n) is 2.70. The van der Waals surface area contributed by atoms with Gasteiger partial charge in [-0.05, 0) is 30.5 Å². The van der Waals surface area contributed by atoms with E-state index in [4.69, 9.17) is 0 Å². The molecule has 2 aromatic rings. The number of nitrogens with zero attached hydrogens (tertiary/aromatic N) is 1. The summed E-state index contributed by atoms with van der Waals surface area (Å²) in [7, 11) is 0. The molecule has 0 amide bonds. The number of hydrogen-bond donors (Lipinski definition) is 0. The van der Waals surface area contributed by atoms with E-state index in [-0.39, 0.29) is 0 Å². The van der Waals surface area contributed by atoms with Crippen molar-refractivity contribution in [2.75, 3.05) is 0 Å². The summed E-state index contributed by atoms with van der Waals surface area (Å²) in [5.74, 6) is 0. The minimum Gasteiger partial charge on any atom is -0.256 e. The molecule has 1 nitrogen and oxygen atoms in total. The van der Waals surface area contributed by atoms with Crippen LogP contribution in [0.4, 0.5) is 0 Å². The van der Waals surface area contributed by atoms with Gasteiger partial charge in [-0.25, -0.2) is 0 Å². The highest BCUT2D eigenvalue weighted by molar-refractivity contribution is 5.59. The molecule has 1 aromatic heterocycles. The Hall–Kier alpha value is -1.63. The molecule has 0 N–H and O–H groups in total. The van der Waals surface area contributed by atoms with Gasteiger partial charge in [-0.1, -0.05) is 43.7 Å². The molecule has 1 aromatic carbocycles. The topological polar surface area (TPSA) is 12.9 Å². The van der Waals surface area contributed by atoms with Crippen LogP contribution in [0.15, 0.2) is 42.6 Å². The standard InChI is InChI=1S/C15H17N/c1-3-4-13-6-8-14(9-7-13)15-10-5-12(2)11-16-15/h5-11H,3-4H2,1-2H3. The number of rotatable bonds is 3. The zero-order valence-corrected chi connectivity index (χ0v) is 9.90. The van der Waals surface area contributed by atoms with Gasteiger partial charge < -0.3 is 0 Å². The molecule has 1 heteroatoms. The van der Waals surface area contributed by atoms with Crippen LogP contribution in [-0.2, 0) is 6.42 Å². The first-order valence-corrected chi connectivity index (χ1v) is 5.81. The number of benzene rings is 1. The Morgan fingerprint density at radius 1 is 1.00 bits per heavy atom. The van der Waals surface area contributed by atoms with Crippen molar-refractivity contribution in [3.05, 3.63) is 53.7 Å². The van der Waals surface area contributed by atoms with E-state index < -0.39 is 0 Å². The first kappa shape index (κ1) is 10.9. The maximum atomic E-state index is 4.42. The van der Waals surface area contributed by atoms with Gasteiger partial charge in [-0.15, -0.1) is 0 Å². The fourth-order valence-corrected chi connectivity index (χ4v) is 1.77. The Morgan fingerprint density at radius 2 is 1.75 bits per heavy atom. The van der Waals surface area contributed by atoms with E-state index in [1.165, 1.54) is 23.1 Å². The van der Waals surface area contributed by atoms with Gasteiger partial charge in [0.05, 0.1) is 5.69 Å². The first-order chi connectivity index (χ1) is 7.79. The van der Waals surface area contributed by atoms with Gasteiger partial charge in [-0.3, -0.25) is 4.98 Å². The average Bonchev–Trinajstić information content (AvgIpc) is 2.32. The lowest BCUT2D eigenvalue weighted by molar-refractivity contribution is 0.922. The molecule has 16 heavy (non-hydrogen) atoms. The average molecular weight is 211 g/mol. The molecule has 0 bridgehead atoms. The zero-order valence-electron chi connectivity index (χ0n) is 9.90. The largest absolute Gasteiger partial charge is 0.256 e. The van der Waals surface area contributed by atoms with E-state index >= 15 is 0 Å². The highest BCUT2D eigenvalue weighted by Crippen LogP contribution is 2.18. The predicted octanol–water partition coefficient (Wildman–Crippen LogP) is 4.01. The number of aromatic nitrogens is 1. The van der Waals surface area contributed by atoms with Crippen molar-refractivity contribution >= 4 is 0 Å². The van der Waals surface area contributed by atoms with Crippen molar-refractivity contribution in [2.24, 2.45) is 0 Å². The molecule has 0 spiro atoms. The van der Waals surface area contributed by atoms with Crippen LogP contribution >= 0.6 is 0 Å². The monoisotopic (exact) mass is 211 g/mol. The molecule has 0 fully saturated rings. The Kier molecular flexibility index (Phi) is 3.35. The molecule has 1 heterocycles. The van der Waals surface area contributed by atoms with Gasteiger partial charge in [-0.2, -0.15) is 0 Å². The van der Waals surface area contributed by atoms with Crippen molar-refractivity contribution in [3.8, 4) is 11.3 Å². The van der Waals surface area contributed by atoms with Gasteiger partial charge in [0.1, 0.15) is 0 Å². The normalized spacial score (nSPS) is 10.4. The molecular weight excluding hydrogens is 194 g/mol. The quantitative estimate of drug-likeness (QED) is 0.747. The number of hydrogen-bond acceptors (Lipinski definition) is 1. The minimum absolute atomic E-state index is 1.05. The summed E-state index contributed by atoms with van der Waals surface area (Å²) in [5, 5.41) is 0. The summed E-state index contributed by atoms with van der Waals surface area (Å²) in [5.41, 5.74) is 4.85. The molecule has 0 atom stereocenters. The lowest BCUT2D eigenvalue weighted by Gasteiger charge is -2.03. The smallest absolute Gasteiger partial charge is 0.0702 e. The Labute approximate surface area is 97.2 Å². The van der Waals surface area contributed by atoms with Gasteiger partial charge in [0.2, 0.25) is 0 Å². The third-order valence-corrected chi connectivity index (χ3v) is 2.70. The van der Waals surface area contributed by atoms with Crippen LogP contribution in [0, 0.1) is 6.92 Å². The summed E-state index contributed by atoms with van der Waals surface area (Å²) in [4.78, 5) is 4.42. The molecule has 0 saturated carbocycles. The highest BCUT2D eigenvalue weighted by atomic mass is 14.7. The van der Waals surface area contributed by atoms with Crippen molar-refractivity contribution < 1.29 is 0 Å². The lowest BCUT2D eigenvalue weighted by Crippen LogP contribution is -1.86. The van der Waals surface area contributed by atoms with Gasteiger partial charge >= 0.3 is 0 Å². The summed E-state index contributed by atoms with van der Waals surface area (Å²) in [6.07, 6.45) is 4.26. The van der Waals surface area contributed by atoms with E-state index in [1.54, 1.807) is 0 Å². The van der Waals surface area contributed by atoms with Crippen molar-refractivity contribution in [3.63, 3.8) is 0 Å². The van der Waals surface area contributed by atoms with E-state index in [1.807, 2.05) is 6.20 Å². The Morgan fingerprint density at radius 3 is 2.31 bits per heavy atom. The van der Waals surface area contributed by atoms with E-state index in [0.717, 1.165) is 12.1 Å². The fourth-order valence-electron chi connectivity index (χ4n) is 1.77. The number of aryl methyl sites for hydroxylation is 2. The molecule has 0 aliphatic heterocycles. The van der Waals surface area contributed by atoms with Gasteiger partial charge in [0.25, 0.3) is 0 Å².